The Balaban J connectivity index is 1.61. The number of nitrogens with one attached hydrogen (secondary N) is 1. The van der Waals surface area contributed by atoms with E-state index in [0.717, 1.165) is 40.6 Å². The molecule has 0 spiro atoms. The maximum Gasteiger partial charge on any atom is 0.394 e. The lowest BCUT2D eigenvalue weighted by atomic mass is 9.72. The number of aromatic amines is 1. The van der Waals surface area contributed by atoms with Gasteiger partial charge in [0.1, 0.15) is 18.6 Å². The van der Waals surface area contributed by atoms with Gasteiger partial charge in [0.15, 0.2) is 6.54 Å². The van der Waals surface area contributed by atoms with Crippen LogP contribution in [0.15, 0.2) is 66.9 Å². The summed E-state index contributed by atoms with van der Waals surface area (Å²) >= 11 is 0. The molecule has 0 saturated heterocycles. The Bertz CT molecular complexity index is 1370. The molecule has 184 valence electrons. The molecule has 1 saturated carbocycles. The number of esters is 1. The van der Waals surface area contributed by atoms with Crippen LogP contribution in [0.3, 0.4) is 0 Å². The minimum absolute atomic E-state index is 0.0428. The Labute approximate surface area is 210 Å². The second-order valence-corrected chi connectivity index (χ2v) is 9.45. The van der Waals surface area contributed by atoms with E-state index in [1.807, 2.05) is 29.3 Å². The van der Waals surface area contributed by atoms with E-state index >= 15 is 0 Å². The minimum atomic E-state index is -0.332. The summed E-state index contributed by atoms with van der Waals surface area (Å²) < 4.78 is 4.86. The first-order valence-electron chi connectivity index (χ1n) is 12.4. The predicted molar refractivity (Wildman–Crippen MR) is 137 cm³/mol. The molecular weight excluding hydrogens is 452 g/mol. The van der Waals surface area contributed by atoms with Crippen molar-refractivity contribution in [1.29, 1.82) is 0 Å². The van der Waals surface area contributed by atoms with Gasteiger partial charge in [-0.1, -0.05) is 59.6 Å². The van der Waals surface area contributed by atoms with Crippen molar-refractivity contribution >= 4 is 23.0 Å². The molecule has 7 N–H and O–H groups in total. The van der Waals surface area contributed by atoms with Gasteiger partial charge in [0.25, 0.3) is 0 Å². The predicted octanol–water partition coefficient (Wildman–Crippen LogP) is 1.62. The van der Waals surface area contributed by atoms with E-state index in [1.165, 1.54) is 19.1 Å². The van der Waals surface area contributed by atoms with Crippen LogP contribution in [-0.2, 0) is 15.1 Å². The molecule has 2 aromatic heterocycles. The third-order valence-electron chi connectivity index (χ3n) is 7.04. The van der Waals surface area contributed by atoms with Crippen molar-refractivity contribution in [3.63, 3.8) is 0 Å². The Morgan fingerprint density at radius 3 is 2.47 bits per heavy atom. The molecule has 0 bridgehead atoms. The van der Waals surface area contributed by atoms with Crippen molar-refractivity contribution < 1.29 is 26.0 Å². The number of benzene rings is 2. The summed E-state index contributed by atoms with van der Waals surface area (Å²) in [5, 5.41) is 0.886. The molecule has 0 radical (unpaired) electrons. The number of anilines is 1. The summed E-state index contributed by atoms with van der Waals surface area (Å²) in [5.41, 5.74) is 14.3. The van der Waals surface area contributed by atoms with Crippen LogP contribution in [0.4, 0.5) is 5.95 Å². The van der Waals surface area contributed by atoms with Gasteiger partial charge >= 0.3 is 11.9 Å². The topological polar surface area (TPSA) is 125 Å². The summed E-state index contributed by atoms with van der Waals surface area (Å²) in [7, 11) is 1.38. The molecule has 5 rings (SSSR count). The molecule has 36 heavy (non-hydrogen) atoms. The van der Waals surface area contributed by atoms with Crippen LogP contribution < -0.4 is 21.4 Å². The molecule has 0 aliphatic heterocycles. The average Bonchev–Trinajstić information content (AvgIpc) is 2.91. The highest BCUT2D eigenvalue weighted by Gasteiger charge is 2.38. The number of hydrogen-bond donors (Lipinski definition) is 2. The molecule has 1 aliphatic carbocycles. The number of carbonyl (C=O) groups is 1. The molecular formula is C28H33N6O2+3. The molecule has 4 aromatic rings. The number of aromatic nitrogens is 3. The standard InChI is InChI=1S/C28H30N6O2/c1-36-24(35)18-34(15-14-29)27-31-17-21-16-23(19-6-3-2-4-7-19)25(32-26(21)33-27)20-8-10-22(11-9-20)28(30)12-5-13-28/h2-4,6-11,16-17H,5,12-15,18,29-30H2,1H3/p+3. The highest BCUT2D eigenvalue weighted by molar-refractivity contribution is 5.90. The molecule has 0 atom stereocenters. The number of ether oxygens (including phenoxy) is 1. The monoisotopic (exact) mass is 485 g/mol. The van der Waals surface area contributed by atoms with Gasteiger partial charge in [-0.15, -0.1) is 0 Å². The number of methoxy groups -OCH3 is 1. The largest absolute Gasteiger partial charge is 0.467 e. The number of fused-ring (bicyclic) bond motifs is 1. The summed E-state index contributed by atoms with van der Waals surface area (Å²) in [6, 6.07) is 21.0. The van der Waals surface area contributed by atoms with Gasteiger partial charge in [0.05, 0.1) is 24.4 Å². The quantitative estimate of drug-likeness (QED) is 0.367. The van der Waals surface area contributed by atoms with E-state index in [9.17, 15) is 4.79 Å². The van der Waals surface area contributed by atoms with Crippen molar-refractivity contribution in [2.75, 3.05) is 31.6 Å². The SMILES string of the molecule is COC(=O)CN(CC[NH3+])c1nc2nc(-c3ccc(C4([NH3+])CCC4)cc3)c(-c3ccccc3)cc2c[nH+]1. The Kier molecular flexibility index (Phi) is 6.63. The maximum atomic E-state index is 12.0. The van der Waals surface area contributed by atoms with E-state index in [4.69, 9.17) is 14.7 Å². The lowest BCUT2D eigenvalue weighted by molar-refractivity contribution is -0.509. The van der Waals surface area contributed by atoms with Crippen molar-refractivity contribution in [3.8, 4) is 22.4 Å². The normalized spacial score (nSPS) is 14.3. The summed E-state index contributed by atoms with van der Waals surface area (Å²) in [6.07, 6.45) is 5.39. The molecule has 2 aromatic carbocycles. The first-order chi connectivity index (χ1) is 17.5. The second kappa shape index (κ2) is 10.0. The Morgan fingerprint density at radius 2 is 1.83 bits per heavy atom. The van der Waals surface area contributed by atoms with Gasteiger partial charge in [-0.3, -0.25) is 0 Å². The number of carbonyl (C=O) groups excluding carboxylic acids is 1. The first kappa shape index (κ1) is 23.8. The van der Waals surface area contributed by atoms with E-state index in [0.29, 0.717) is 24.7 Å². The molecule has 1 fully saturated rings. The Hall–Kier alpha value is -3.88. The van der Waals surface area contributed by atoms with Crippen LogP contribution in [0, 0.1) is 0 Å². The third kappa shape index (κ3) is 4.65. The third-order valence-corrected chi connectivity index (χ3v) is 7.04. The first-order valence-corrected chi connectivity index (χ1v) is 12.4. The average molecular weight is 486 g/mol. The molecule has 8 nitrogen and oxygen atoms in total. The van der Waals surface area contributed by atoms with E-state index in [2.05, 4.69) is 58.9 Å². The van der Waals surface area contributed by atoms with Crippen LogP contribution in [0.5, 0.6) is 0 Å². The molecule has 2 heterocycles. The molecule has 0 unspecified atom stereocenters. The van der Waals surface area contributed by atoms with Gasteiger partial charge in [0.2, 0.25) is 5.65 Å². The van der Waals surface area contributed by atoms with Crippen LogP contribution in [0.25, 0.3) is 33.4 Å². The van der Waals surface area contributed by atoms with Gasteiger partial charge in [-0.05, 0) is 18.1 Å². The van der Waals surface area contributed by atoms with Crippen LogP contribution in [-0.4, -0.2) is 42.7 Å². The van der Waals surface area contributed by atoms with E-state index < -0.39 is 0 Å². The summed E-state index contributed by atoms with van der Waals surface area (Å²) in [4.78, 5) is 26.9. The smallest absolute Gasteiger partial charge is 0.394 e. The number of H-pyrrole nitrogens is 1. The highest BCUT2D eigenvalue weighted by atomic mass is 16.5. The highest BCUT2D eigenvalue weighted by Crippen LogP contribution is 2.38. The summed E-state index contributed by atoms with van der Waals surface area (Å²) in [6.45, 7) is 1.27. The van der Waals surface area contributed by atoms with E-state index in [-0.39, 0.29) is 18.1 Å². The fourth-order valence-electron chi connectivity index (χ4n) is 4.75. The lowest BCUT2D eigenvalue weighted by Gasteiger charge is -2.34. The van der Waals surface area contributed by atoms with Crippen molar-refractivity contribution in [3.05, 3.63) is 72.4 Å². The fraction of sp³-hybridized carbons (Fsp3) is 0.286. The van der Waals surface area contributed by atoms with E-state index in [1.54, 1.807) is 0 Å². The van der Waals surface area contributed by atoms with Crippen molar-refractivity contribution in [1.82, 2.24) is 9.97 Å². The van der Waals surface area contributed by atoms with Gasteiger partial charge in [-0.2, -0.15) is 0 Å². The molecule has 1 aliphatic rings. The van der Waals surface area contributed by atoms with Crippen LogP contribution in [0.1, 0.15) is 24.8 Å². The number of rotatable bonds is 8. The second-order valence-electron chi connectivity index (χ2n) is 9.45. The number of quaternary nitrogens is 2. The minimum Gasteiger partial charge on any atom is -0.467 e. The molecule has 8 heteroatoms. The zero-order valence-corrected chi connectivity index (χ0v) is 20.7. The van der Waals surface area contributed by atoms with Gasteiger partial charge in [-0.25, -0.2) is 19.7 Å². The van der Waals surface area contributed by atoms with Crippen LogP contribution in [0.2, 0.25) is 0 Å². The number of hydrogen-bond acceptors (Lipinski definition) is 5. The Morgan fingerprint density at radius 1 is 1.08 bits per heavy atom. The fourth-order valence-corrected chi connectivity index (χ4v) is 4.75. The molecule has 0 amide bonds. The van der Waals surface area contributed by atoms with Crippen molar-refractivity contribution in [2.45, 2.75) is 24.8 Å². The number of pyridine rings is 1. The lowest BCUT2D eigenvalue weighted by Crippen LogP contribution is -2.73. The maximum absolute atomic E-state index is 12.0. The summed E-state index contributed by atoms with van der Waals surface area (Å²) in [5.74, 6) is 0.225. The number of nitrogens with zero attached hydrogens (tertiary/aromatic N) is 3. The zero-order chi connectivity index (χ0) is 25.1. The van der Waals surface area contributed by atoms with Crippen molar-refractivity contribution in [2.24, 2.45) is 0 Å². The van der Waals surface area contributed by atoms with Crippen LogP contribution >= 0.6 is 0 Å². The zero-order valence-electron chi connectivity index (χ0n) is 20.7. The van der Waals surface area contributed by atoms with Gasteiger partial charge < -0.3 is 16.2 Å². The van der Waals surface area contributed by atoms with Gasteiger partial charge in [0, 0.05) is 29.5 Å².